The molecule has 33 heavy (non-hydrogen) atoms. The van der Waals surface area contributed by atoms with Gasteiger partial charge in [-0.2, -0.15) is 5.26 Å². The third-order valence-corrected chi connectivity index (χ3v) is 5.38. The molecule has 1 atom stereocenters. The maximum Gasteiger partial charge on any atom is 0.321 e. The molecule has 1 saturated heterocycles. The van der Waals surface area contributed by atoms with Gasteiger partial charge in [0.1, 0.15) is 0 Å². The van der Waals surface area contributed by atoms with Crippen LogP contribution in [0.1, 0.15) is 25.0 Å². The number of allylic oxidation sites excluding steroid dienone is 1. The topological polar surface area (TPSA) is 81.5 Å². The number of hydrogen-bond donors (Lipinski definition) is 1. The van der Waals surface area contributed by atoms with E-state index in [1.165, 1.54) is 5.57 Å². The number of nitriles is 1. The Morgan fingerprint density at radius 2 is 2.09 bits per heavy atom. The van der Waals surface area contributed by atoms with Gasteiger partial charge in [0.25, 0.3) is 0 Å². The number of anilines is 1. The first kappa shape index (κ1) is 24.2. The maximum atomic E-state index is 12.5. The van der Waals surface area contributed by atoms with E-state index in [2.05, 4.69) is 33.4 Å². The van der Waals surface area contributed by atoms with Crippen LogP contribution in [0.4, 0.5) is 10.5 Å². The van der Waals surface area contributed by atoms with Crippen molar-refractivity contribution in [3.63, 3.8) is 0 Å². The van der Waals surface area contributed by atoms with Crippen molar-refractivity contribution >= 4 is 11.7 Å². The molecule has 3 rings (SSSR count). The summed E-state index contributed by atoms with van der Waals surface area (Å²) in [7, 11) is 0. The molecular formula is C26H31N5O2. The summed E-state index contributed by atoms with van der Waals surface area (Å²) in [5.74, 6) is 0. The Bertz CT molecular complexity index is 1000. The summed E-state index contributed by atoms with van der Waals surface area (Å²) in [6.07, 6.45) is 9.54. The predicted octanol–water partition coefficient (Wildman–Crippen LogP) is 4.21. The Morgan fingerprint density at radius 3 is 2.79 bits per heavy atom. The molecule has 0 radical (unpaired) electrons. The summed E-state index contributed by atoms with van der Waals surface area (Å²) in [5, 5.41) is 11.9. The molecule has 2 heterocycles. The maximum absolute atomic E-state index is 12.5. The first-order valence-electron chi connectivity index (χ1n) is 11.2. The van der Waals surface area contributed by atoms with Crippen LogP contribution in [0.5, 0.6) is 0 Å². The molecule has 0 bridgehead atoms. The Balaban J connectivity index is 1.48. The van der Waals surface area contributed by atoms with Crippen molar-refractivity contribution in [1.29, 1.82) is 5.26 Å². The molecule has 7 nitrogen and oxygen atoms in total. The van der Waals surface area contributed by atoms with Gasteiger partial charge in [-0.1, -0.05) is 30.4 Å². The number of ether oxygens (including phenoxy) is 1. The molecule has 172 valence electrons. The Hall–Kier alpha value is -3.47. The molecule has 1 aromatic carbocycles. The Kier molecular flexibility index (Phi) is 9.19. The number of nitrogens with zero attached hydrogens (tertiary/aromatic N) is 4. The number of nitrogens with one attached hydrogen (secondary N) is 1. The number of pyridine rings is 1. The summed E-state index contributed by atoms with van der Waals surface area (Å²) >= 11 is 0. The third-order valence-electron chi connectivity index (χ3n) is 5.38. The van der Waals surface area contributed by atoms with Gasteiger partial charge < -0.3 is 15.0 Å². The largest absolute Gasteiger partial charge is 0.370 e. The predicted molar refractivity (Wildman–Crippen MR) is 130 cm³/mol. The van der Waals surface area contributed by atoms with E-state index in [1.807, 2.05) is 49.1 Å². The molecule has 1 unspecified atom stereocenters. The van der Waals surface area contributed by atoms with Crippen molar-refractivity contribution in [3.05, 3.63) is 83.7 Å². The second-order valence-corrected chi connectivity index (χ2v) is 8.00. The van der Waals surface area contributed by atoms with Gasteiger partial charge >= 0.3 is 6.03 Å². The lowest BCUT2D eigenvalue weighted by Gasteiger charge is -2.35. The first-order chi connectivity index (χ1) is 16.1. The van der Waals surface area contributed by atoms with Crippen LogP contribution in [-0.4, -0.2) is 59.6 Å². The standard InChI is InChI=1S/C26H31N5O2/c1-3-6-23(15-21(2)33-20-24-8-4-7-22(16-24)17-27)19-30-11-13-31(14-12-30)26(32)29-25-9-5-10-28-18-25/h3-10,15-16,18,21H,11-14,19-20H2,1-2H3,(H,29,32)/b6-3-,23-15+. The molecule has 1 aliphatic rings. The first-order valence-corrected chi connectivity index (χ1v) is 11.2. The van der Waals surface area contributed by atoms with Crippen molar-refractivity contribution in [1.82, 2.24) is 14.8 Å². The molecule has 1 aliphatic heterocycles. The zero-order valence-corrected chi connectivity index (χ0v) is 19.3. The molecule has 0 saturated carbocycles. The van der Waals surface area contributed by atoms with E-state index in [1.54, 1.807) is 24.5 Å². The molecule has 0 spiro atoms. The quantitative estimate of drug-likeness (QED) is 0.616. The molecule has 7 heteroatoms. The summed E-state index contributed by atoms with van der Waals surface area (Å²) in [6.45, 7) is 8.27. The van der Waals surface area contributed by atoms with E-state index in [0.29, 0.717) is 30.9 Å². The third kappa shape index (κ3) is 7.86. The minimum absolute atomic E-state index is 0.0616. The van der Waals surface area contributed by atoms with E-state index >= 15 is 0 Å². The molecule has 2 amide bonds. The summed E-state index contributed by atoms with van der Waals surface area (Å²) in [6, 6.07) is 13.2. The van der Waals surface area contributed by atoms with Crippen LogP contribution in [0.15, 0.2) is 72.6 Å². The molecule has 1 fully saturated rings. The fraction of sp³-hybridized carbons (Fsp3) is 0.346. The van der Waals surface area contributed by atoms with Crippen molar-refractivity contribution < 1.29 is 9.53 Å². The van der Waals surface area contributed by atoms with Gasteiger partial charge in [-0.3, -0.25) is 9.88 Å². The lowest BCUT2D eigenvalue weighted by Crippen LogP contribution is -2.50. The lowest BCUT2D eigenvalue weighted by atomic mass is 10.1. The SMILES string of the molecule is C/C=C\C(=C/C(C)OCc1cccc(C#N)c1)CN1CCN(C(=O)Nc2cccnc2)CC1. The van der Waals surface area contributed by atoms with Crippen LogP contribution in [-0.2, 0) is 11.3 Å². The highest BCUT2D eigenvalue weighted by molar-refractivity contribution is 5.89. The van der Waals surface area contributed by atoms with Gasteiger partial charge in [0.05, 0.1) is 36.2 Å². The van der Waals surface area contributed by atoms with Crippen molar-refractivity contribution in [3.8, 4) is 6.07 Å². The lowest BCUT2D eigenvalue weighted by molar-refractivity contribution is 0.0832. The number of benzene rings is 1. The van der Waals surface area contributed by atoms with E-state index < -0.39 is 0 Å². The highest BCUT2D eigenvalue weighted by Crippen LogP contribution is 2.13. The number of carbonyl (C=O) groups is 1. The average molecular weight is 446 g/mol. The molecule has 1 N–H and O–H groups in total. The van der Waals surface area contributed by atoms with Crippen LogP contribution in [0.25, 0.3) is 0 Å². The Morgan fingerprint density at radius 1 is 1.27 bits per heavy atom. The summed E-state index contributed by atoms with van der Waals surface area (Å²) < 4.78 is 5.99. The zero-order valence-electron chi connectivity index (χ0n) is 19.3. The fourth-order valence-electron chi connectivity index (χ4n) is 3.69. The van der Waals surface area contributed by atoms with Gasteiger partial charge in [-0.15, -0.1) is 0 Å². The number of piperazine rings is 1. The van der Waals surface area contributed by atoms with Crippen molar-refractivity contribution in [2.75, 3.05) is 38.0 Å². The van der Waals surface area contributed by atoms with Crippen LogP contribution in [0.3, 0.4) is 0 Å². The van der Waals surface area contributed by atoms with Gasteiger partial charge in [-0.25, -0.2) is 4.79 Å². The highest BCUT2D eigenvalue weighted by atomic mass is 16.5. The number of amides is 2. The minimum Gasteiger partial charge on any atom is -0.370 e. The average Bonchev–Trinajstić information content (AvgIpc) is 2.84. The Labute approximate surface area is 196 Å². The van der Waals surface area contributed by atoms with E-state index in [4.69, 9.17) is 10.00 Å². The molecule has 2 aromatic rings. The number of carbonyl (C=O) groups excluding carboxylic acids is 1. The zero-order chi connectivity index (χ0) is 23.5. The second kappa shape index (κ2) is 12.5. The van der Waals surface area contributed by atoms with Gasteiger partial charge in [-0.05, 0) is 49.2 Å². The van der Waals surface area contributed by atoms with E-state index in [9.17, 15) is 4.79 Å². The minimum atomic E-state index is -0.0886. The monoisotopic (exact) mass is 445 g/mol. The number of aromatic nitrogens is 1. The summed E-state index contributed by atoms with van der Waals surface area (Å²) in [4.78, 5) is 20.7. The number of hydrogen-bond acceptors (Lipinski definition) is 5. The van der Waals surface area contributed by atoms with Crippen LogP contribution in [0.2, 0.25) is 0 Å². The van der Waals surface area contributed by atoms with Crippen LogP contribution in [0, 0.1) is 11.3 Å². The summed E-state index contributed by atoms with van der Waals surface area (Å²) in [5.41, 5.74) is 3.52. The highest BCUT2D eigenvalue weighted by Gasteiger charge is 2.21. The van der Waals surface area contributed by atoms with Crippen LogP contribution >= 0.6 is 0 Å². The normalized spacial score (nSPS) is 15.9. The van der Waals surface area contributed by atoms with Crippen molar-refractivity contribution in [2.45, 2.75) is 26.6 Å². The number of rotatable bonds is 8. The number of urea groups is 1. The smallest absolute Gasteiger partial charge is 0.321 e. The van der Waals surface area contributed by atoms with E-state index in [-0.39, 0.29) is 12.1 Å². The van der Waals surface area contributed by atoms with Crippen molar-refractivity contribution in [2.24, 2.45) is 0 Å². The molecular weight excluding hydrogens is 414 g/mol. The van der Waals surface area contributed by atoms with Crippen LogP contribution < -0.4 is 5.32 Å². The fourth-order valence-corrected chi connectivity index (χ4v) is 3.69. The molecule has 1 aromatic heterocycles. The second-order valence-electron chi connectivity index (χ2n) is 8.00. The van der Waals surface area contributed by atoms with Gasteiger partial charge in [0, 0.05) is 38.9 Å². The van der Waals surface area contributed by atoms with E-state index in [0.717, 1.165) is 25.2 Å². The molecule has 0 aliphatic carbocycles. The van der Waals surface area contributed by atoms with Gasteiger partial charge in [0.15, 0.2) is 0 Å². The van der Waals surface area contributed by atoms with Gasteiger partial charge in [0.2, 0.25) is 0 Å².